The lowest BCUT2D eigenvalue weighted by Gasteiger charge is -2.08. The number of furan rings is 2. The predicted molar refractivity (Wildman–Crippen MR) is 99.7 cm³/mol. The number of aromatic nitrogens is 1. The Kier molecular flexibility index (Phi) is 4.19. The largest absolute Gasteiger partial charge is 0.468 e. The van der Waals surface area contributed by atoms with Gasteiger partial charge in [0.05, 0.1) is 18.8 Å². The van der Waals surface area contributed by atoms with Crippen LogP contribution in [-0.4, -0.2) is 17.1 Å². The zero-order valence-electron chi connectivity index (χ0n) is 14.8. The third kappa shape index (κ3) is 3.19. The lowest BCUT2D eigenvalue weighted by atomic mass is 10.1. The highest BCUT2D eigenvalue weighted by molar-refractivity contribution is 5.82. The molecule has 3 aromatic heterocycles. The number of benzene rings is 1. The SMILES string of the molecule is O=C(NCc1cc(-c2cc3ccccc3o2)on1)C1CC(c2ccco2)NN1. The van der Waals surface area contributed by atoms with Gasteiger partial charge in [-0.1, -0.05) is 23.4 Å². The van der Waals surface area contributed by atoms with Crippen LogP contribution in [0.25, 0.3) is 22.5 Å². The van der Waals surface area contributed by atoms with E-state index in [4.69, 9.17) is 13.4 Å². The van der Waals surface area contributed by atoms with Crippen molar-refractivity contribution in [1.82, 2.24) is 21.3 Å². The average Bonchev–Trinajstić information content (AvgIpc) is 3.51. The molecule has 8 nitrogen and oxygen atoms in total. The van der Waals surface area contributed by atoms with Gasteiger partial charge >= 0.3 is 0 Å². The normalized spacial score (nSPS) is 19.3. The van der Waals surface area contributed by atoms with Gasteiger partial charge in [-0.15, -0.1) is 0 Å². The molecule has 1 aliphatic heterocycles. The van der Waals surface area contributed by atoms with Gasteiger partial charge in [0.1, 0.15) is 23.1 Å². The summed E-state index contributed by atoms with van der Waals surface area (Å²) in [5, 5.41) is 7.88. The van der Waals surface area contributed by atoms with Crippen molar-refractivity contribution in [1.29, 1.82) is 0 Å². The summed E-state index contributed by atoms with van der Waals surface area (Å²) in [5.74, 6) is 1.82. The Morgan fingerprint density at radius 3 is 2.93 bits per heavy atom. The summed E-state index contributed by atoms with van der Waals surface area (Å²) in [6.07, 6.45) is 2.22. The number of amides is 1. The number of carbonyl (C=O) groups is 1. The van der Waals surface area contributed by atoms with Gasteiger partial charge in [-0.05, 0) is 30.7 Å². The molecule has 5 rings (SSSR count). The molecule has 3 N–H and O–H groups in total. The fourth-order valence-electron chi connectivity index (χ4n) is 3.32. The first-order valence-corrected chi connectivity index (χ1v) is 9.03. The number of para-hydroxylation sites is 1. The van der Waals surface area contributed by atoms with Crippen LogP contribution in [0.1, 0.15) is 23.9 Å². The molecule has 28 heavy (non-hydrogen) atoms. The number of hydrogen-bond acceptors (Lipinski definition) is 7. The number of rotatable bonds is 5. The Morgan fingerprint density at radius 2 is 2.07 bits per heavy atom. The second kappa shape index (κ2) is 6.99. The van der Waals surface area contributed by atoms with Crippen molar-refractivity contribution >= 4 is 16.9 Å². The lowest BCUT2D eigenvalue weighted by Crippen LogP contribution is -2.42. The van der Waals surface area contributed by atoms with Crippen LogP contribution in [0.4, 0.5) is 0 Å². The van der Waals surface area contributed by atoms with E-state index in [1.807, 2.05) is 42.5 Å². The van der Waals surface area contributed by atoms with Gasteiger partial charge in [0.15, 0.2) is 5.76 Å². The van der Waals surface area contributed by atoms with Crippen LogP contribution in [0, 0.1) is 0 Å². The van der Waals surface area contributed by atoms with Gasteiger partial charge in [-0.25, -0.2) is 10.9 Å². The van der Waals surface area contributed by atoms with Crippen molar-refractivity contribution in [3.8, 4) is 11.5 Å². The maximum absolute atomic E-state index is 12.4. The standard InChI is InChI=1S/C20H18N4O4/c25-20(15-10-14(22-23-15)17-6-3-7-26-17)21-11-13-9-19(28-24-13)18-8-12-4-1-2-5-16(12)27-18/h1-9,14-15,22-23H,10-11H2,(H,21,25). The van der Waals surface area contributed by atoms with Crippen LogP contribution >= 0.6 is 0 Å². The number of hydrazine groups is 1. The number of nitrogens with zero attached hydrogens (tertiary/aromatic N) is 1. The second-order valence-corrected chi connectivity index (χ2v) is 6.69. The average molecular weight is 378 g/mol. The smallest absolute Gasteiger partial charge is 0.238 e. The highest BCUT2D eigenvalue weighted by Gasteiger charge is 2.31. The molecule has 1 fully saturated rings. The molecule has 0 spiro atoms. The summed E-state index contributed by atoms with van der Waals surface area (Å²) in [5.41, 5.74) is 7.48. The Labute approximate surface area is 159 Å². The van der Waals surface area contributed by atoms with Crippen LogP contribution in [-0.2, 0) is 11.3 Å². The summed E-state index contributed by atoms with van der Waals surface area (Å²) in [6, 6.07) is 14.7. The molecule has 8 heteroatoms. The molecule has 2 unspecified atom stereocenters. The molecule has 1 aromatic carbocycles. The molecule has 142 valence electrons. The third-order valence-electron chi connectivity index (χ3n) is 4.78. The van der Waals surface area contributed by atoms with Crippen molar-refractivity contribution in [2.75, 3.05) is 0 Å². The Hall–Kier alpha value is -3.36. The fourth-order valence-corrected chi connectivity index (χ4v) is 3.32. The predicted octanol–water partition coefficient (Wildman–Crippen LogP) is 2.90. The van der Waals surface area contributed by atoms with Crippen LogP contribution in [0.3, 0.4) is 0 Å². The van der Waals surface area contributed by atoms with Gasteiger partial charge in [0.2, 0.25) is 11.7 Å². The third-order valence-corrected chi connectivity index (χ3v) is 4.78. The van der Waals surface area contributed by atoms with E-state index >= 15 is 0 Å². The molecule has 4 aromatic rings. The first kappa shape index (κ1) is 16.8. The minimum Gasteiger partial charge on any atom is -0.468 e. The van der Waals surface area contributed by atoms with E-state index in [0.717, 1.165) is 16.7 Å². The fraction of sp³-hybridized carbons (Fsp3) is 0.200. The van der Waals surface area contributed by atoms with Crippen LogP contribution in [0.15, 0.2) is 68.2 Å². The second-order valence-electron chi connectivity index (χ2n) is 6.69. The van der Waals surface area contributed by atoms with Gasteiger partial charge in [0, 0.05) is 11.5 Å². The molecule has 0 aliphatic carbocycles. The Morgan fingerprint density at radius 1 is 1.14 bits per heavy atom. The number of hydrogen-bond donors (Lipinski definition) is 3. The molecule has 1 saturated heterocycles. The summed E-state index contributed by atoms with van der Waals surface area (Å²) in [4.78, 5) is 12.4. The van der Waals surface area contributed by atoms with Crippen molar-refractivity contribution in [3.05, 3.63) is 66.2 Å². The first-order chi connectivity index (χ1) is 13.8. The molecule has 1 amide bonds. The van der Waals surface area contributed by atoms with E-state index in [0.29, 0.717) is 23.6 Å². The van der Waals surface area contributed by atoms with Gasteiger partial charge < -0.3 is 18.7 Å². The minimum atomic E-state index is -0.350. The van der Waals surface area contributed by atoms with E-state index in [-0.39, 0.29) is 24.5 Å². The lowest BCUT2D eigenvalue weighted by molar-refractivity contribution is -0.123. The number of nitrogens with one attached hydrogen (secondary N) is 3. The molecule has 0 saturated carbocycles. The number of fused-ring (bicyclic) bond motifs is 1. The monoisotopic (exact) mass is 378 g/mol. The summed E-state index contributed by atoms with van der Waals surface area (Å²) < 4.78 is 16.5. The first-order valence-electron chi connectivity index (χ1n) is 9.03. The van der Waals surface area contributed by atoms with E-state index < -0.39 is 0 Å². The zero-order chi connectivity index (χ0) is 18.9. The molecule has 1 aliphatic rings. The van der Waals surface area contributed by atoms with Crippen LogP contribution in [0.5, 0.6) is 0 Å². The molecule has 0 bridgehead atoms. The topological polar surface area (TPSA) is 105 Å². The van der Waals surface area contributed by atoms with Gasteiger partial charge in [-0.3, -0.25) is 4.79 Å². The molecular formula is C20H18N4O4. The van der Waals surface area contributed by atoms with Crippen LogP contribution in [0.2, 0.25) is 0 Å². The van der Waals surface area contributed by atoms with Crippen molar-refractivity contribution in [2.24, 2.45) is 0 Å². The van der Waals surface area contributed by atoms with E-state index in [9.17, 15) is 4.79 Å². The number of carbonyl (C=O) groups excluding carboxylic acids is 1. The summed E-state index contributed by atoms with van der Waals surface area (Å²) >= 11 is 0. The quantitative estimate of drug-likeness (QED) is 0.490. The van der Waals surface area contributed by atoms with E-state index in [2.05, 4.69) is 21.3 Å². The van der Waals surface area contributed by atoms with Gasteiger partial charge in [-0.2, -0.15) is 0 Å². The van der Waals surface area contributed by atoms with Crippen molar-refractivity contribution in [2.45, 2.75) is 25.0 Å². The molecule has 4 heterocycles. The summed E-state index contributed by atoms with van der Waals surface area (Å²) in [7, 11) is 0. The highest BCUT2D eigenvalue weighted by Crippen LogP contribution is 2.28. The minimum absolute atomic E-state index is 0.0301. The maximum Gasteiger partial charge on any atom is 0.238 e. The Bertz CT molecular complexity index is 1070. The molecule has 0 radical (unpaired) electrons. The maximum atomic E-state index is 12.4. The Balaban J connectivity index is 1.20. The van der Waals surface area contributed by atoms with Crippen LogP contribution < -0.4 is 16.2 Å². The zero-order valence-corrected chi connectivity index (χ0v) is 14.8. The highest BCUT2D eigenvalue weighted by atomic mass is 16.5. The summed E-state index contributed by atoms with van der Waals surface area (Å²) in [6.45, 7) is 0.270. The molecular weight excluding hydrogens is 360 g/mol. The van der Waals surface area contributed by atoms with Crippen molar-refractivity contribution in [3.63, 3.8) is 0 Å². The van der Waals surface area contributed by atoms with E-state index in [1.54, 1.807) is 12.3 Å². The van der Waals surface area contributed by atoms with Gasteiger partial charge in [0.25, 0.3) is 0 Å². The van der Waals surface area contributed by atoms with E-state index in [1.165, 1.54) is 0 Å². The molecule has 2 atom stereocenters. The van der Waals surface area contributed by atoms with Crippen molar-refractivity contribution < 1.29 is 18.2 Å².